The lowest BCUT2D eigenvalue weighted by Crippen LogP contribution is -2.40. The van der Waals surface area contributed by atoms with Crippen LogP contribution in [0.5, 0.6) is 5.75 Å². The third-order valence-electron chi connectivity index (χ3n) is 5.74. The van der Waals surface area contributed by atoms with E-state index in [1.165, 1.54) is 5.56 Å². The lowest BCUT2D eigenvalue weighted by molar-refractivity contribution is -0.134. The number of rotatable bonds is 5. The second-order valence-corrected chi connectivity index (χ2v) is 8.14. The number of carbonyl (C=O) groups is 1. The molecule has 1 amide bonds. The van der Waals surface area contributed by atoms with E-state index >= 15 is 0 Å². The van der Waals surface area contributed by atoms with Crippen LogP contribution in [0.15, 0.2) is 46.9 Å². The third-order valence-corrected chi connectivity index (χ3v) is 5.74. The molecule has 1 aromatic heterocycles. The quantitative estimate of drug-likeness (QED) is 0.610. The maximum atomic E-state index is 12.6. The summed E-state index contributed by atoms with van der Waals surface area (Å²) in [4.78, 5) is 19.2. The van der Waals surface area contributed by atoms with Crippen molar-refractivity contribution in [3.05, 3.63) is 59.5 Å². The Morgan fingerprint density at radius 1 is 1.21 bits per heavy atom. The van der Waals surface area contributed by atoms with E-state index in [1.54, 1.807) is 0 Å². The number of aryl methyl sites for hydroxylation is 1. The second-order valence-electron chi connectivity index (χ2n) is 8.14. The van der Waals surface area contributed by atoms with Crippen LogP contribution in [-0.4, -0.2) is 35.5 Å². The molecule has 2 aromatic carbocycles. The van der Waals surface area contributed by atoms with Crippen LogP contribution in [0, 0.1) is 6.92 Å². The van der Waals surface area contributed by atoms with Gasteiger partial charge in [-0.15, -0.1) is 0 Å². The monoisotopic (exact) mass is 392 g/mol. The predicted molar refractivity (Wildman–Crippen MR) is 113 cm³/mol. The first-order chi connectivity index (χ1) is 14.0. The molecular formula is C24H28N2O3. The van der Waals surface area contributed by atoms with Crippen molar-refractivity contribution in [3.8, 4) is 5.75 Å². The zero-order valence-electron chi connectivity index (χ0n) is 17.4. The molecule has 0 unspecified atom stereocenters. The van der Waals surface area contributed by atoms with Crippen molar-refractivity contribution in [3.63, 3.8) is 0 Å². The number of carbonyl (C=O) groups excluding carboxylic acids is 1. The van der Waals surface area contributed by atoms with E-state index in [9.17, 15) is 4.79 Å². The first-order valence-electron chi connectivity index (χ1n) is 10.4. The van der Waals surface area contributed by atoms with Crippen LogP contribution in [0.25, 0.3) is 11.1 Å². The number of fused-ring (bicyclic) bond motifs is 1. The fourth-order valence-corrected chi connectivity index (χ4v) is 3.80. The molecule has 29 heavy (non-hydrogen) atoms. The Bertz CT molecular complexity index is 967. The van der Waals surface area contributed by atoms with Crippen molar-refractivity contribution >= 4 is 17.0 Å². The van der Waals surface area contributed by atoms with Crippen molar-refractivity contribution in [2.24, 2.45) is 0 Å². The minimum absolute atomic E-state index is 0.0374. The highest BCUT2D eigenvalue weighted by molar-refractivity contribution is 5.78. The van der Waals surface area contributed by atoms with Crippen molar-refractivity contribution in [2.45, 2.75) is 45.4 Å². The highest BCUT2D eigenvalue weighted by Crippen LogP contribution is 2.30. The first kappa shape index (κ1) is 19.5. The molecule has 0 saturated carbocycles. The van der Waals surface area contributed by atoms with Gasteiger partial charge in [0.2, 0.25) is 0 Å². The average Bonchev–Trinajstić information content (AvgIpc) is 3.17. The zero-order valence-corrected chi connectivity index (χ0v) is 17.4. The van der Waals surface area contributed by atoms with Crippen LogP contribution in [-0.2, 0) is 4.79 Å². The Morgan fingerprint density at radius 2 is 1.97 bits per heavy atom. The van der Waals surface area contributed by atoms with Gasteiger partial charge in [-0.2, -0.15) is 0 Å². The molecule has 152 valence electrons. The lowest BCUT2D eigenvalue weighted by Gasteiger charge is -2.30. The second kappa shape index (κ2) is 8.27. The summed E-state index contributed by atoms with van der Waals surface area (Å²) < 4.78 is 11.8. The van der Waals surface area contributed by atoms with Gasteiger partial charge in [-0.3, -0.25) is 4.79 Å². The summed E-state index contributed by atoms with van der Waals surface area (Å²) in [5.41, 5.74) is 4.00. The fourth-order valence-electron chi connectivity index (χ4n) is 3.80. The topological polar surface area (TPSA) is 55.6 Å². The molecule has 1 saturated heterocycles. The molecule has 0 radical (unpaired) electrons. The van der Waals surface area contributed by atoms with Gasteiger partial charge in [0.15, 0.2) is 18.1 Å². The van der Waals surface area contributed by atoms with E-state index in [0.29, 0.717) is 19.0 Å². The molecule has 1 aliphatic rings. The molecule has 5 nitrogen and oxygen atoms in total. The number of aromatic nitrogens is 1. The molecule has 0 aliphatic carbocycles. The smallest absolute Gasteiger partial charge is 0.260 e. The molecule has 0 bridgehead atoms. The van der Waals surface area contributed by atoms with Gasteiger partial charge in [0.05, 0.1) is 0 Å². The Morgan fingerprint density at radius 3 is 2.69 bits per heavy atom. The molecule has 0 spiro atoms. The Labute approximate surface area is 171 Å². The summed E-state index contributed by atoms with van der Waals surface area (Å²) in [5, 5.41) is 0. The van der Waals surface area contributed by atoms with Crippen molar-refractivity contribution in [2.75, 3.05) is 19.7 Å². The summed E-state index contributed by atoms with van der Waals surface area (Å²) >= 11 is 0. The number of hydrogen-bond acceptors (Lipinski definition) is 4. The van der Waals surface area contributed by atoms with Crippen molar-refractivity contribution in [1.29, 1.82) is 0 Å². The Balaban J connectivity index is 1.33. The van der Waals surface area contributed by atoms with E-state index in [4.69, 9.17) is 9.15 Å². The summed E-state index contributed by atoms with van der Waals surface area (Å²) in [5.74, 6) is 2.31. The highest BCUT2D eigenvalue weighted by Gasteiger charge is 2.27. The molecule has 1 fully saturated rings. The van der Waals surface area contributed by atoms with Gasteiger partial charge >= 0.3 is 0 Å². The number of likely N-dealkylation sites (tertiary alicyclic amines) is 1. The SMILES string of the molecule is Cc1ccc(C(C)C)cc1OCC(=O)N1CCC(c2nc3ccccc3o2)CC1. The van der Waals surface area contributed by atoms with Gasteiger partial charge < -0.3 is 14.1 Å². The number of oxazole rings is 1. The Hall–Kier alpha value is -2.82. The fraction of sp³-hybridized carbons (Fsp3) is 0.417. The molecule has 4 rings (SSSR count). The van der Waals surface area contributed by atoms with Crippen LogP contribution >= 0.6 is 0 Å². The third kappa shape index (κ3) is 4.29. The Kier molecular flexibility index (Phi) is 5.56. The minimum atomic E-state index is 0.0374. The maximum Gasteiger partial charge on any atom is 0.260 e. The highest BCUT2D eigenvalue weighted by atomic mass is 16.5. The molecule has 5 heteroatoms. The number of hydrogen-bond donors (Lipinski definition) is 0. The van der Waals surface area contributed by atoms with E-state index in [0.717, 1.165) is 41.1 Å². The van der Waals surface area contributed by atoms with Crippen LogP contribution in [0.3, 0.4) is 0 Å². The van der Waals surface area contributed by atoms with E-state index in [2.05, 4.69) is 31.0 Å². The summed E-state index contributed by atoms with van der Waals surface area (Å²) in [6, 6.07) is 14.1. The van der Waals surface area contributed by atoms with Crippen LogP contribution in [0.1, 0.15) is 55.5 Å². The van der Waals surface area contributed by atoms with E-state index in [-0.39, 0.29) is 18.4 Å². The first-order valence-corrected chi connectivity index (χ1v) is 10.4. The van der Waals surface area contributed by atoms with Gasteiger partial charge in [-0.25, -0.2) is 4.98 Å². The normalized spacial score (nSPS) is 15.2. The van der Waals surface area contributed by atoms with Crippen molar-refractivity contribution in [1.82, 2.24) is 9.88 Å². The van der Waals surface area contributed by atoms with Crippen LogP contribution < -0.4 is 4.74 Å². The van der Waals surface area contributed by atoms with Crippen molar-refractivity contribution < 1.29 is 13.9 Å². The molecule has 1 aliphatic heterocycles. The minimum Gasteiger partial charge on any atom is -0.483 e. The number of benzene rings is 2. The van der Waals surface area contributed by atoms with Gasteiger partial charge in [-0.1, -0.05) is 38.1 Å². The van der Waals surface area contributed by atoms with Gasteiger partial charge in [0, 0.05) is 19.0 Å². The average molecular weight is 392 g/mol. The molecule has 2 heterocycles. The molecule has 3 aromatic rings. The summed E-state index contributed by atoms with van der Waals surface area (Å²) in [7, 11) is 0. The predicted octanol–water partition coefficient (Wildman–Crippen LogP) is 5.04. The number of ether oxygens (including phenoxy) is 1. The standard InChI is InChI=1S/C24H28N2O3/c1-16(2)19-9-8-17(3)22(14-19)28-15-23(27)26-12-10-18(11-13-26)24-25-20-6-4-5-7-21(20)29-24/h4-9,14,16,18H,10-13,15H2,1-3H3. The zero-order chi connectivity index (χ0) is 20.4. The van der Waals surface area contributed by atoms with Crippen LogP contribution in [0.4, 0.5) is 0 Å². The van der Waals surface area contributed by atoms with Crippen LogP contribution in [0.2, 0.25) is 0 Å². The number of amides is 1. The largest absolute Gasteiger partial charge is 0.483 e. The summed E-state index contributed by atoms with van der Waals surface area (Å²) in [6.07, 6.45) is 1.72. The number of nitrogens with zero attached hydrogens (tertiary/aromatic N) is 2. The molecule has 0 N–H and O–H groups in total. The maximum absolute atomic E-state index is 12.6. The number of piperidine rings is 1. The molecular weight excluding hydrogens is 364 g/mol. The summed E-state index contributed by atoms with van der Waals surface area (Å²) in [6.45, 7) is 7.81. The van der Waals surface area contributed by atoms with E-state index in [1.807, 2.05) is 42.2 Å². The molecule has 0 atom stereocenters. The number of para-hydroxylation sites is 2. The van der Waals surface area contributed by atoms with E-state index < -0.39 is 0 Å². The lowest BCUT2D eigenvalue weighted by atomic mass is 9.97. The van der Waals surface area contributed by atoms with Gasteiger partial charge in [-0.05, 0) is 55.0 Å². The van der Waals surface area contributed by atoms with Gasteiger partial charge in [0.1, 0.15) is 11.3 Å². The van der Waals surface area contributed by atoms with Gasteiger partial charge in [0.25, 0.3) is 5.91 Å².